The maximum atomic E-state index is 13.5. The molecule has 86 valence electrons. The number of Topliss-reactive ketones (excluding diaryl/α,β-unsaturated/α-hetero) is 1. The quantitative estimate of drug-likeness (QED) is 0.649. The van der Waals surface area contributed by atoms with Crippen molar-refractivity contribution in [1.82, 2.24) is 0 Å². The predicted molar refractivity (Wildman–Crippen MR) is 65.3 cm³/mol. The van der Waals surface area contributed by atoms with Crippen molar-refractivity contribution in [3.05, 3.63) is 65.5 Å². The Morgan fingerprint density at radius 2 is 1.76 bits per heavy atom. The van der Waals surface area contributed by atoms with Gasteiger partial charge in [-0.25, -0.2) is 4.39 Å². The lowest BCUT2D eigenvalue weighted by Gasteiger charge is -2.06. The first kappa shape index (κ1) is 11.3. The van der Waals surface area contributed by atoms with Crippen LogP contribution in [0.5, 0.6) is 0 Å². The third-order valence-electron chi connectivity index (χ3n) is 2.53. The fraction of sp³-hybridized carbons (Fsp3) is 0.0714. The molecule has 2 nitrogen and oxygen atoms in total. The molecule has 0 amide bonds. The predicted octanol–water partition coefficient (Wildman–Crippen LogP) is 2.83. The number of halogens is 1. The van der Waals surface area contributed by atoms with Crippen LogP contribution in [-0.4, -0.2) is 5.78 Å². The molecule has 0 aliphatic rings. The average molecular weight is 229 g/mol. The van der Waals surface area contributed by atoms with Crippen LogP contribution in [-0.2, 0) is 6.42 Å². The van der Waals surface area contributed by atoms with E-state index in [1.807, 2.05) is 30.3 Å². The van der Waals surface area contributed by atoms with Crippen LogP contribution in [0.4, 0.5) is 10.1 Å². The first-order valence-electron chi connectivity index (χ1n) is 5.29. The highest BCUT2D eigenvalue weighted by Crippen LogP contribution is 2.18. The van der Waals surface area contributed by atoms with Crippen LogP contribution in [0.25, 0.3) is 0 Å². The molecule has 0 unspecified atom stereocenters. The summed E-state index contributed by atoms with van der Waals surface area (Å²) in [4.78, 5) is 11.9. The number of ketones is 1. The van der Waals surface area contributed by atoms with E-state index in [0.29, 0.717) is 0 Å². The van der Waals surface area contributed by atoms with Crippen LogP contribution in [0.1, 0.15) is 15.9 Å². The van der Waals surface area contributed by atoms with Gasteiger partial charge in [-0.05, 0) is 17.7 Å². The minimum atomic E-state index is -0.564. The van der Waals surface area contributed by atoms with Gasteiger partial charge >= 0.3 is 0 Å². The highest BCUT2D eigenvalue weighted by atomic mass is 19.1. The van der Waals surface area contributed by atoms with Crippen LogP contribution < -0.4 is 5.73 Å². The number of carbonyl (C=O) groups excluding carboxylic acids is 1. The molecule has 0 saturated heterocycles. The Bertz CT molecular complexity index is 517. The smallest absolute Gasteiger partial charge is 0.172 e. The molecular formula is C14H12FNO. The molecule has 0 fully saturated rings. The summed E-state index contributed by atoms with van der Waals surface area (Å²) < 4.78 is 13.5. The maximum absolute atomic E-state index is 13.5. The zero-order chi connectivity index (χ0) is 12.3. The second-order valence-electron chi connectivity index (χ2n) is 3.79. The van der Waals surface area contributed by atoms with E-state index in [9.17, 15) is 9.18 Å². The van der Waals surface area contributed by atoms with E-state index in [4.69, 9.17) is 5.73 Å². The summed E-state index contributed by atoms with van der Waals surface area (Å²) in [6, 6.07) is 13.5. The van der Waals surface area contributed by atoms with Gasteiger partial charge in [0.1, 0.15) is 5.82 Å². The molecule has 0 radical (unpaired) electrons. The van der Waals surface area contributed by atoms with Gasteiger partial charge in [0, 0.05) is 12.1 Å². The minimum absolute atomic E-state index is 0.0173. The van der Waals surface area contributed by atoms with Crippen LogP contribution in [0, 0.1) is 5.82 Å². The summed E-state index contributed by atoms with van der Waals surface area (Å²) in [5.41, 5.74) is 6.63. The van der Waals surface area contributed by atoms with Crippen LogP contribution in [0.15, 0.2) is 48.5 Å². The third kappa shape index (κ3) is 2.50. The highest BCUT2D eigenvalue weighted by molar-refractivity contribution is 6.02. The molecule has 0 bridgehead atoms. The molecule has 0 heterocycles. The minimum Gasteiger partial charge on any atom is -0.398 e. The summed E-state index contributed by atoms with van der Waals surface area (Å²) in [7, 11) is 0. The lowest BCUT2D eigenvalue weighted by Crippen LogP contribution is -2.09. The first-order chi connectivity index (χ1) is 8.18. The Balaban J connectivity index is 2.27. The number of hydrogen-bond donors (Lipinski definition) is 1. The number of carbonyl (C=O) groups is 1. The summed E-state index contributed by atoms with van der Waals surface area (Å²) in [5, 5.41) is 0. The summed E-state index contributed by atoms with van der Waals surface area (Å²) in [6.45, 7) is 0. The van der Waals surface area contributed by atoms with Crippen molar-refractivity contribution in [2.75, 3.05) is 5.73 Å². The van der Waals surface area contributed by atoms with Gasteiger partial charge in [0.2, 0.25) is 0 Å². The third-order valence-corrected chi connectivity index (χ3v) is 2.53. The highest BCUT2D eigenvalue weighted by Gasteiger charge is 2.15. The average Bonchev–Trinajstić information content (AvgIpc) is 2.30. The molecule has 0 saturated carbocycles. The Labute approximate surface area is 98.9 Å². The Kier molecular flexibility index (Phi) is 3.19. The lowest BCUT2D eigenvalue weighted by molar-refractivity contribution is 0.0990. The Hall–Kier alpha value is -2.16. The van der Waals surface area contributed by atoms with E-state index >= 15 is 0 Å². The molecule has 2 rings (SSSR count). The fourth-order valence-corrected chi connectivity index (χ4v) is 1.70. The Morgan fingerprint density at radius 1 is 1.06 bits per heavy atom. The van der Waals surface area contributed by atoms with Crippen molar-refractivity contribution < 1.29 is 9.18 Å². The number of nitrogen functional groups attached to an aromatic ring is 1. The molecular weight excluding hydrogens is 217 g/mol. The van der Waals surface area contributed by atoms with Gasteiger partial charge < -0.3 is 5.73 Å². The van der Waals surface area contributed by atoms with Crippen molar-refractivity contribution in [1.29, 1.82) is 0 Å². The van der Waals surface area contributed by atoms with Crippen molar-refractivity contribution >= 4 is 11.5 Å². The van der Waals surface area contributed by atoms with Crippen LogP contribution in [0.3, 0.4) is 0 Å². The number of nitrogens with two attached hydrogens (primary N) is 1. The van der Waals surface area contributed by atoms with Gasteiger partial charge in [-0.1, -0.05) is 36.4 Å². The molecule has 0 aliphatic heterocycles. The molecule has 2 aromatic carbocycles. The number of rotatable bonds is 3. The zero-order valence-corrected chi connectivity index (χ0v) is 9.19. The molecule has 0 spiro atoms. The molecule has 2 aromatic rings. The number of anilines is 1. The second kappa shape index (κ2) is 4.78. The van der Waals surface area contributed by atoms with Crippen molar-refractivity contribution in [2.24, 2.45) is 0 Å². The Morgan fingerprint density at radius 3 is 2.41 bits per heavy atom. The van der Waals surface area contributed by atoms with E-state index in [-0.39, 0.29) is 23.5 Å². The van der Waals surface area contributed by atoms with Gasteiger partial charge in [0.05, 0.1) is 5.56 Å². The van der Waals surface area contributed by atoms with Gasteiger partial charge in [0.25, 0.3) is 0 Å². The van der Waals surface area contributed by atoms with Gasteiger partial charge in [-0.15, -0.1) is 0 Å². The normalized spacial score (nSPS) is 10.2. The van der Waals surface area contributed by atoms with E-state index in [1.165, 1.54) is 18.2 Å². The second-order valence-corrected chi connectivity index (χ2v) is 3.79. The molecule has 17 heavy (non-hydrogen) atoms. The fourth-order valence-electron chi connectivity index (χ4n) is 1.70. The van der Waals surface area contributed by atoms with Crippen molar-refractivity contribution in [3.8, 4) is 0 Å². The molecule has 0 atom stereocenters. The van der Waals surface area contributed by atoms with Crippen LogP contribution in [0.2, 0.25) is 0 Å². The van der Waals surface area contributed by atoms with Gasteiger partial charge in [-0.2, -0.15) is 0 Å². The monoisotopic (exact) mass is 229 g/mol. The van der Waals surface area contributed by atoms with E-state index in [2.05, 4.69) is 0 Å². The van der Waals surface area contributed by atoms with Gasteiger partial charge in [-0.3, -0.25) is 4.79 Å². The standard InChI is InChI=1S/C14H12FNO/c15-11-7-4-8-12(16)14(11)13(17)9-10-5-2-1-3-6-10/h1-8H,9,16H2. The molecule has 0 aliphatic carbocycles. The summed E-state index contributed by atoms with van der Waals surface area (Å²) in [5.74, 6) is -0.863. The largest absolute Gasteiger partial charge is 0.398 e. The first-order valence-corrected chi connectivity index (χ1v) is 5.29. The SMILES string of the molecule is Nc1cccc(F)c1C(=O)Cc1ccccc1. The lowest BCUT2D eigenvalue weighted by atomic mass is 10.0. The van der Waals surface area contributed by atoms with Crippen molar-refractivity contribution in [2.45, 2.75) is 6.42 Å². The van der Waals surface area contributed by atoms with E-state index in [1.54, 1.807) is 0 Å². The van der Waals surface area contributed by atoms with E-state index in [0.717, 1.165) is 5.56 Å². The number of hydrogen-bond acceptors (Lipinski definition) is 2. The molecule has 0 aromatic heterocycles. The maximum Gasteiger partial charge on any atom is 0.172 e. The van der Waals surface area contributed by atoms with Crippen molar-refractivity contribution in [3.63, 3.8) is 0 Å². The zero-order valence-electron chi connectivity index (χ0n) is 9.19. The van der Waals surface area contributed by atoms with Crippen LogP contribution >= 0.6 is 0 Å². The molecule has 2 N–H and O–H groups in total. The van der Waals surface area contributed by atoms with Gasteiger partial charge in [0.15, 0.2) is 5.78 Å². The molecule has 3 heteroatoms. The summed E-state index contributed by atoms with van der Waals surface area (Å²) >= 11 is 0. The van der Waals surface area contributed by atoms with E-state index < -0.39 is 5.82 Å². The summed E-state index contributed by atoms with van der Waals surface area (Å²) in [6.07, 6.45) is 0.159. The topological polar surface area (TPSA) is 43.1 Å². The number of benzene rings is 2.